The van der Waals surface area contributed by atoms with E-state index in [1.165, 1.54) is 19.1 Å². The van der Waals surface area contributed by atoms with Crippen molar-refractivity contribution in [3.63, 3.8) is 0 Å². The maximum Gasteiger partial charge on any atom is 0.305 e. The van der Waals surface area contributed by atoms with Crippen LogP contribution in [0.4, 0.5) is 0 Å². The largest absolute Gasteiger partial charge is 0.366 e. The number of rotatable bonds is 3. The lowest BCUT2D eigenvalue weighted by molar-refractivity contribution is -0.323. The Balaban J connectivity index is 3.14. The normalized spacial score (nSPS) is 11.6. The number of aliphatic hydroxyl groups is 3. The molecule has 0 radical (unpaired) electrons. The van der Waals surface area contributed by atoms with Gasteiger partial charge in [-0.1, -0.05) is 24.3 Å². The molecule has 0 atom stereocenters. The van der Waals surface area contributed by atoms with Crippen LogP contribution in [0.2, 0.25) is 0 Å². The molecule has 7 nitrogen and oxygen atoms in total. The van der Waals surface area contributed by atoms with Crippen molar-refractivity contribution in [2.75, 3.05) is 0 Å². The number of hydrogen-bond donors (Lipinski definition) is 5. The highest BCUT2D eigenvalue weighted by Crippen LogP contribution is 2.34. The molecule has 7 N–H and O–H groups in total. The molecule has 0 aliphatic carbocycles. The zero-order valence-corrected chi connectivity index (χ0v) is 11.1. The van der Waals surface area contributed by atoms with E-state index < -0.39 is 17.8 Å². The summed E-state index contributed by atoms with van der Waals surface area (Å²) in [7, 11) is 0. The van der Waals surface area contributed by atoms with E-state index in [9.17, 15) is 24.9 Å². The van der Waals surface area contributed by atoms with E-state index in [0.717, 1.165) is 0 Å². The third-order valence-electron chi connectivity index (χ3n) is 3.29. The van der Waals surface area contributed by atoms with Crippen LogP contribution in [0.1, 0.15) is 31.8 Å². The van der Waals surface area contributed by atoms with Gasteiger partial charge in [0.25, 0.3) is 0 Å². The van der Waals surface area contributed by atoms with Gasteiger partial charge in [-0.3, -0.25) is 9.59 Å². The van der Waals surface area contributed by atoms with Gasteiger partial charge in [-0.05, 0) is 23.3 Å². The molecule has 0 aliphatic heterocycles. The van der Waals surface area contributed by atoms with Gasteiger partial charge in [0.2, 0.25) is 11.8 Å². The van der Waals surface area contributed by atoms with Crippen LogP contribution in [0.3, 0.4) is 0 Å². The van der Waals surface area contributed by atoms with Gasteiger partial charge < -0.3 is 26.8 Å². The Morgan fingerprint density at radius 2 is 1.43 bits per heavy atom. The number of benzene rings is 2. The minimum atomic E-state index is -3.19. The molecule has 2 rings (SSSR count). The fraction of sp³-hybridized carbons (Fsp3) is 0.143. The van der Waals surface area contributed by atoms with E-state index in [0.29, 0.717) is 0 Å². The Labute approximate surface area is 119 Å². The molecule has 110 valence electrons. The molecular formula is C14H14N2O5. The van der Waals surface area contributed by atoms with E-state index in [1.807, 2.05) is 0 Å². The first-order valence-electron chi connectivity index (χ1n) is 5.98. The van der Waals surface area contributed by atoms with E-state index in [2.05, 4.69) is 0 Å². The van der Waals surface area contributed by atoms with Gasteiger partial charge in [-0.15, -0.1) is 0 Å². The number of fused-ring (bicyclic) bond motifs is 1. The number of nitrogens with two attached hydrogens (primary N) is 2. The smallest absolute Gasteiger partial charge is 0.305 e. The maximum atomic E-state index is 11.7. The van der Waals surface area contributed by atoms with Crippen molar-refractivity contribution in [3.05, 3.63) is 46.5 Å². The van der Waals surface area contributed by atoms with Crippen LogP contribution < -0.4 is 11.5 Å². The van der Waals surface area contributed by atoms with Crippen LogP contribution in [-0.4, -0.2) is 27.1 Å². The molecule has 0 fully saturated rings. The second-order valence-corrected chi connectivity index (χ2v) is 4.66. The number of carbonyl (C=O) groups excluding carboxylic acids is 2. The maximum absolute atomic E-state index is 11.7. The predicted octanol–water partition coefficient (Wildman–Crippen LogP) is -0.567. The van der Waals surface area contributed by atoms with Gasteiger partial charge in [-0.2, -0.15) is 0 Å². The summed E-state index contributed by atoms with van der Waals surface area (Å²) >= 11 is 0. The van der Waals surface area contributed by atoms with Gasteiger partial charge in [-0.25, -0.2) is 0 Å². The van der Waals surface area contributed by atoms with Gasteiger partial charge in [0, 0.05) is 0 Å². The van der Waals surface area contributed by atoms with Crippen LogP contribution in [0, 0.1) is 6.92 Å². The molecule has 2 amide bonds. The third kappa shape index (κ3) is 2.33. The first-order chi connectivity index (χ1) is 9.66. The van der Waals surface area contributed by atoms with Crippen molar-refractivity contribution in [2.24, 2.45) is 11.5 Å². The standard InChI is InChI=1S/C14H14N2O5/c1-6-9(12(15)17)10(13(16)18)7-4-2-3-5-8(7)11(6)14(19,20)21/h2-5,19-21H,1H3,(H2,15,17)(H2,16,18). The monoisotopic (exact) mass is 290 g/mol. The van der Waals surface area contributed by atoms with E-state index in [-0.39, 0.29) is 33.0 Å². The van der Waals surface area contributed by atoms with Crippen molar-refractivity contribution in [2.45, 2.75) is 12.9 Å². The van der Waals surface area contributed by atoms with Crippen LogP contribution >= 0.6 is 0 Å². The van der Waals surface area contributed by atoms with Crippen molar-refractivity contribution >= 4 is 22.6 Å². The van der Waals surface area contributed by atoms with Crippen molar-refractivity contribution in [1.82, 2.24) is 0 Å². The van der Waals surface area contributed by atoms with Gasteiger partial charge >= 0.3 is 5.97 Å². The molecule has 0 saturated heterocycles. The lowest BCUT2D eigenvalue weighted by atomic mass is 9.88. The summed E-state index contributed by atoms with van der Waals surface area (Å²) in [4.78, 5) is 23.3. The summed E-state index contributed by atoms with van der Waals surface area (Å²) in [6.45, 7) is 1.34. The number of hydrogen-bond acceptors (Lipinski definition) is 5. The molecule has 0 heterocycles. The van der Waals surface area contributed by atoms with Crippen LogP contribution in [0.5, 0.6) is 0 Å². The Morgan fingerprint density at radius 3 is 1.86 bits per heavy atom. The highest BCUT2D eigenvalue weighted by Gasteiger charge is 2.32. The number of primary amides is 2. The Kier molecular flexibility index (Phi) is 3.42. The minimum Gasteiger partial charge on any atom is -0.366 e. The number of carbonyl (C=O) groups is 2. The Bertz CT molecular complexity index is 762. The highest BCUT2D eigenvalue weighted by molar-refractivity contribution is 6.16. The average Bonchev–Trinajstić information content (AvgIpc) is 2.34. The first kappa shape index (κ1) is 14.9. The second-order valence-electron chi connectivity index (χ2n) is 4.66. The Morgan fingerprint density at radius 1 is 0.952 bits per heavy atom. The molecule has 0 saturated carbocycles. The summed E-state index contributed by atoms with van der Waals surface area (Å²) in [5, 5.41) is 29.0. The van der Waals surface area contributed by atoms with Gasteiger partial charge in [0.05, 0.1) is 16.7 Å². The quantitative estimate of drug-likeness (QED) is 0.480. The van der Waals surface area contributed by atoms with Crippen molar-refractivity contribution in [1.29, 1.82) is 0 Å². The summed E-state index contributed by atoms with van der Waals surface area (Å²) in [5.74, 6) is -5.03. The highest BCUT2D eigenvalue weighted by atomic mass is 16.7. The second kappa shape index (κ2) is 4.81. The van der Waals surface area contributed by atoms with E-state index >= 15 is 0 Å². The molecule has 0 aliphatic rings. The topological polar surface area (TPSA) is 147 Å². The summed E-state index contributed by atoms with van der Waals surface area (Å²) < 4.78 is 0. The third-order valence-corrected chi connectivity index (χ3v) is 3.29. The minimum absolute atomic E-state index is 0.0255. The summed E-state index contributed by atoms with van der Waals surface area (Å²) in [6.07, 6.45) is 0. The molecule has 0 bridgehead atoms. The fourth-order valence-corrected chi connectivity index (χ4v) is 2.56. The lowest BCUT2D eigenvalue weighted by Gasteiger charge is -2.23. The van der Waals surface area contributed by atoms with Crippen LogP contribution in [0.25, 0.3) is 10.8 Å². The summed E-state index contributed by atoms with van der Waals surface area (Å²) in [5.41, 5.74) is 9.86. The fourth-order valence-electron chi connectivity index (χ4n) is 2.56. The zero-order chi connectivity index (χ0) is 15.9. The van der Waals surface area contributed by atoms with Gasteiger partial charge in [0.1, 0.15) is 0 Å². The van der Waals surface area contributed by atoms with E-state index in [4.69, 9.17) is 11.5 Å². The molecule has 0 spiro atoms. The Hall–Kier alpha value is -2.48. The molecule has 2 aromatic rings. The number of amides is 2. The zero-order valence-electron chi connectivity index (χ0n) is 11.1. The summed E-state index contributed by atoms with van der Waals surface area (Å²) in [6, 6.07) is 6.08. The molecule has 21 heavy (non-hydrogen) atoms. The SMILES string of the molecule is Cc1c(C(N)=O)c(C(N)=O)c2ccccc2c1C(O)(O)O. The molecule has 2 aromatic carbocycles. The molecule has 7 heteroatoms. The molecule has 0 unspecified atom stereocenters. The van der Waals surface area contributed by atoms with Gasteiger partial charge in [0.15, 0.2) is 0 Å². The van der Waals surface area contributed by atoms with Crippen LogP contribution in [0.15, 0.2) is 24.3 Å². The van der Waals surface area contributed by atoms with Crippen molar-refractivity contribution in [3.8, 4) is 0 Å². The first-order valence-corrected chi connectivity index (χ1v) is 5.98. The average molecular weight is 290 g/mol. The van der Waals surface area contributed by atoms with Crippen molar-refractivity contribution < 1.29 is 24.9 Å². The van der Waals surface area contributed by atoms with E-state index in [1.54, 1.807) is 12.1 Å². The lowest BCUT2D eigenvalue weighted by Crippen LogP contribution is -2.29. The molecular weight excluding hydrogens is 276 g/mol. The van der Waals surface area contributed by atoms with Crippen LogP contribution in [-0.2, 0) is 5.97 Å². The molecule has 0 aromatic heterocycles. The predicted molar refractivity (Wildman–Crippen MR) is 74.1 cm³/mol.